The van der Waals surface area contributed by atoms with Crippen molar-refractivity contribution in [2.24, 2.45) is 0 Å². The molecule has 1 amide bonds. The van der Waals surface area contributed by atoms with Gasteiger partial charge in [-0.25, -0.2) is 0 Å². The molecule has 0 saturated carbocycles. The van der Waals surface area contributed by atoms with Crippen molar-refractivity contribution < 1.29 is 14.5 Å². The van der Waals surface area contributed by atoms with Crippen LogP contribution in [0.3, 0.4) is 0 Å². The van der Waals surface area contributed by atoms with E-state index in [0.29, 0.717) is 13.1 Å². The highest BCUT2D eigenvalue weighted by atomic mass is 16.6. The number of nitrogens with zero attached hydrogens (tertiary/aromatic N) is 2. The molecule has 0 radical (unpaired) electrons. The van der Waals surface area contributed by atoms with Gasteiger partial charge in [0.2, 0.25) is 0 Å². The Morgan fingerprint density at radius 1 is 1.57 bits per heavy atom. The SMILES string of the molecule is CCN(CC1CCCO1)C(=O)c1cc([N+](=O)[O-])ccc1N. The van der Waals surface area contributed by atoms with Gasteiger partial charge in [0.25, 0.3) is 11.6 Å². The number of nitro benzene ring substituents is 1. The third kappa shape index (κ3) is 3.49. The molecule has 2 rings (SSSR count). The normalized spacial score (nSPS) is 17.7. The van der Waals surface area contributed by atoms with Gasteiger partial charge in [-0.1, -0.05) is 0 Å². The smallest absolute Gasteiger partial charge is 0.270 e. The molecule has 1 unspecified atom stereocenters. The van der Waals surface area contributed by atoms with Crippen molar-refractivity contribution in [1.82, 2.24) is 4.90 Å². The summed E-state index contributed by atoms with van der Waals surface area (Å²) in [6.07, 6.45) is 1.96. The number of ether oxygens (including phenoxy) is 1. The van der Waals surface area contributed by atoms with Crippen LogP contribution in [-0.2, 0) is 4.74 Å². The van der Waals surface area contributed by atoms with Gasteiger partial charge in [0, 0.05) is 37.5 Å². The topological polar surface area (TPSA) is 98.7 Å². The third-order valence-corrected chi connectivity index (χ3v) is 3.60. The van der Waals surface area contributed by atoms with E-state index in [2.05, 4.69) is 0 Å². The minimum atomic E-state index is -0.535. The Hall–Kier alpha value is -2.15. The van der Waals surface area contributed by atoms with Crippen LogP contribution in [0.2, 0.25) is 0 Å². The Labute approximate surface area is 122 Å². The zero-order valence-electron chi connectivity index (χ0n) is 11.9. The number of rotatable bonds is 5. The Kier molecular flexibility index (Phi) is 4.74. The van der Waals surface area contributed by atoms with Crippen molar-refractivity contribution in [2.45, 2.75) is 25.9 Å². The van der Waals surface area contributed by atoms with Gasteiger partial charge in [-0.15, -0.1) is 0 Å². The molecule has 1 aromatic carbocycles. The first-order chi connectivity index (χ1) is 10.0. The fourth-order valence-corrected chi connectivity index (χ4v) is 2.40. The average Bonchev–Trinajstić information content (AvgIpc) is 2.97. The van der Waals surface area contributed by atoms with Crippen molar-refractivity contribution >= 4 is 17.3 Å². The van der Waals surface area contributed by atoms with E-state index in [0.717, 1.165) is 19.4 Å². The fraction of sp³-hybridized carbons (Fsp3) is 0.500. The second-order valence-corrected chi connectivity index (χ2v) is 5.01. The molecule has 1 saturated heterocycles. The highest BCUT2D eigenvalue weighted by Crippen LogP contribution is 2.22. The predicted octanol–water partition coefficient (Wildman–Crippen LogP) is 1.82. The van der Waals surface area contributed by atoms with E-state index in [-0.39, 0.29) is 28.9 Å². The lowest BCUT2D eigenvalue weighted by Crippen LogP contribution is -2.37. The number of nitrogens with two attached hydrogens (primary N) is 1. The molecular weight excluding hydrogens is 274 g/mol. The molecule has 114 valence electrons. The molecule has 0 spiro atoms. The van der Waals surface area contributed by atoms with Crippen LogP contribution in [-0.4, -0.2) is 41.5 Å². The molecule has 1 aliphatic rings. The molecule has 1 atom stereocenters. The van der Waals surface area contributed by atoms with Gasteiger partial charge in [-0.05, 0) is 25.8 Å². The fourth-order valence-electron chi connectivity index (χ4n) is 2.40. The lowest BCUT2D eigenvalue weighted by atomic mass is 10.1. The number of anilines is 1. The number of carbonyl (C=O) groups is 1. The lowest BCUT2D eigenvalue weighted by Gasteiger charge is -2.24. The van der Waals surface area contributed by atoms with Crippen LogP contribution < -0.4 is 5.73 Å². The van der Waals surface area contributed by atoms with Crippen LogP contribution in [0.15, 0.2) is 18.2 Å². The zero-order valence-corrected chi connectivity index (χ0v) is 11.9. The van der Waals surface area contributed by atoms with Gasteiger partial charge in [0.15, 0.2) is 0 Å². The summed E-state index contributed by atoms with van der Waals surface area (Å²) in [4.78, 5) is 24.4. The summed E-state index contributed by atoms with van der Waals surface area (Å²) in [7, 11) is 0. The van der Waals surface area contributed by atoms with Crippen molar-refractivity contribution in [3.05, 3.63) is 33.9 Å². The predicted molar refractivity (Wildman–Crippen MR) is 78.1 cm³/mol. The molecular formula is C14H19N3O4. The molecule has 1 fully saturated rings. The van der Waals surface area contributed by atoms with E-state index in [1.54, 1.807) is 4.90 Å². The Morgan fingerprint density at radius 3 is 2.90 bits per heavy atom. The first-order valence-corrected chi connectivity index (χ1v) is 6.97. The number of nitro groups is 1. The zero-order chi connectivity index (χ0) is 15.4. The van der Waals surface area contributed by atoms with Crippen molar-refractivity contribution in [1.29, 1.82) is 0 Å². The maximum atomic E-state index is 12.5. The Bertz CT molecular complexity index is 541. The Morgan fingerprint density at radius 2 is 2.33 bits per heavy atom. The first-order valence-electron chi connectivity index (χ1n) is 6.97. The van der Waals surface area contributed by atoms with E-state index in [1.165, 1.54) is 18.2 Å². The van der Waals surface area contributed by atoms with E-state index in [9.17, 15) is 14.9 Å². The van der Waals surface area contributed by atoms with E-state index >= 15 is 0 Å². The number of amides is 1. The number of likely N-dealkylation sites (N-methyl/N-ethyl adjacent to an activating group) is 1. The maximum Gasteiger partial charge on any atom is 0.270 e. The summed E-state index contributed by atoms with van der Waals surface area (Å²) in [6, 6.07) is 3.92. The summed E-state index contributed by atoms with van der Waals surface area (Å²) in [5.74, 6) is -0.297. The van der Waals surface area contributed by atoms with Crippen LogP contribution in [0, 0.1) is 10.1 Å². The molecule has 0 aromatic heterocycles. The molecule has 0 aliphatic carbocycles. The number of nitrogen functional groups attached to an aromatic ring is 1. The minimum Gasteiger partial charge on any atom is -0.398 e. The van der Waals surface area contributed by atoms with Gasteiger partial charge < -0.3 is 15.4 Å². The summed E-state index contributed by atoms with van der Waals surface area (Å²) >= 11 is 0. The molecule has 1 aromatic rings. The van der Waals surface area contributed by atoms with Crippen molar-refractivity contribution in [2.75, 3.05) is 25.4 Å². The van der Waals surface area contributed by atoms with Crippen LogP contribution in [0.25, 0.3) is 0 Å². The molecule has 7 nitrogen and oxygen atoms in total. The number of benzene rings is 1. The third-order valence-electron chi connectivity index (χ3n) is 3.60. The highest BCUT2D eigenvalue weighted by molar-refractivity contribution is 5.99. The van der Waals surface area contributed by atoms with Crippen LogP contribution in [0.1, 0.15) is 30.1 Å². The molecule has 1 aliphatic heterocycles. The summed E-state index contributed by atoms with van der Waals surface area (Å²) in [5, 5.41) is 10.8. The van der Waals surface area contributed by atoms with Crippen LogP contribution >= 0.6 is 0 Å². The molecule has 21 heavy (non-hydrogen) atoms. The number of hydrogen-bond acceptors (Lipinski definition) is 5. The van der Waals surface area contributed by atoms with Crippen molar-refractivity contribution in [3.8, 4) is 0 Å². The Balaban J connectivity index is 2.19. The first kappa shape index (κ1) is 15.2. The van der Waals surface area contributed by atoms with Crippen LogP contribution in [0.5, 0.6) is 0 Å². The standard InChI is InChI=1S/C14H19N3O4/c1-2-16(9-11-4-3-7-21-11)14(18)12-8-10(17(19)20)5-6-13(12)15/h5-6,8,11H,2-4,7,9,15H2,1H3. The summed E-state index contributed by atoms with van der Waals surface area (Å²) in [5.41, 5.74) is 6.07. The molecule has 7 heteroatoms. The van der Waals surface area contributed by atoms with E-state index in [4.69, 9.17) is 10.5 Å². The second kappa shape index (κ2) is 6.53. The maximum absolute atomic E-state index is 12.5. The molecule has 0 bridgehead atoms. The van der Waals surface area contributed by atoms with E-state index in [1.807, 2.05) is 6.92 Å². The van der Waals surface area contributed by atoms with Gasteiger partial charge in [0.05, 0.1) is 16.6 Å². The average molecular weight is 293 g/mol. The molecule has 2 N–H and O–H groups in total. The van der Waals surface area contributed by atoms with Gasteiger partial charge in [-0.3, -0.25) is 14.9 Å². The van der Waals surface area contributed by atoms with Crippen molar-refractivity contribution in [3.63, 3.8) is 0 Å². The number of hydrogen-bond donors (Lipinski definition) is 1. The number of non-ortho nitro benzene ring substituents is 1. The second-order valence-electron chi connectivity index (χ2n) is 5.01. The summed E-state index contributed by atoms with van der Waals surface area (Å²) < 4.78 is 5.53. The highest BCUT2D eigenvalue weighted by Gasteiger charge is 2.24. The largest absolute Gasteiger partial charge is 0.398 e. The minimum absolute atomic E-state index is 0.0359. The van der Waals surface area contributed by atoms with Gasteiger partial charge >= 0.3 is 0 Å². The van der Waals surface area contributed by atoms with Gasteiger partial charge in [-0.2, -0.15) is 0 Å². The van der Waals surface area contributed by atoms with Crippen LogP contribution in [0.4, 0.5) is 11.4 Å². The lowest BCUT2D eigenvalue weighted by molar-refractivity contribution is -0.384. The number of carbonyl (C=O) groups excluding carboxylic acids is 1. The quantitative estimate of drug-likeness (QED) is 0.507. The van der Waals surface area contributed by atoms with Gasteiger partial charge in [0.1, 0.15) is 0 Å². The monoisotopic (exact) mass is 293 g/mol. The van der Waals surface area contributed by atoms with E-state index < -0.39 is 4.92 Å². The summed E-state index contributed by atoms with van der Waals surface area (Å²) in [6.45, 7) is 3.56. The molecule has 1 heterocycles.